The van der Waals surface area contributed by atoms with Crippen molar-refractivity contribution in [1.82, 2.24) is 9.78 Å². The number of aromatic nitrogens is 2. The molecule has 0 saturated heterocycles. The summed E-state index contributed by atoms with van der Waals surface area (Å²) in [5.74, 6) is -0.238. The molecule has 0 aliphatic heterocycles. The summed E-state index contributed by atoms with van der Waals surface area (Å²) in [5.41, 5.74) is 6.00. The Hall–Kier alpha value is -1.36. The van der Waals surface area contributed by atoms with Gasteiger partial charge in [0.25, 0.3) is 0 Å². The lowest BCUT2D eigenvalue weighted by Gasteiger charge is -2.24. The molecule has 1 atom stereocenters. The SMILES string of the molecule is CCOC(=O)C(C)(CN)Cc1ccn(C2CCCC2)n1. The topological polar surface area (TPSA) is 70.1 Å². The molecule has 1 aromatic rings. The van der Waals surface area contributed by atoms with Gasteiger partial charge in [0, 0.05) is 19.2 Å². The Morgan fingerprint density at radius 3 is 2.85 bits per heavy atom. The fourth-order valence-corrected chi connectivity index (χ4v) is 2.78. The predicted octanol–water partition coefficient (Wildman–Crippen LogP) is 2.07. The molecule has 1 heterocycles. The molecular formula is C15H25N3O2. The first-order valence-corrected chi connectivity index (χ1v) is 7.50. The number of nitrogens with two attached hydrogens (primary N) is 1. The van der Waals surface area contributed by atoms with Gasteiger partial charge in [-0.1, -0.05) is 12.8 Å². The molecule has 0 aromatic carbocycles. The van der Waals surface area contributed by atoms with Crippen molar-refractivity contribution >= 4 is 5.97 Å². The van der Waals surface area contributed by atoms with Crippen LogP contribution in [0.3, 0.4) is 0 Å². The molecule has 1 saturated carbocycles. The van der Waals surface area contributed by atoms with E-state index in [0.29, 0.717) is 19.1 Å². The monoisotopic (exact) mass is 279 g/mol. The molecule has 1 aliphatic rings. The van der Waals surface area contributed by atoms with Gasteiger partial charge in [-0.2, -0.15) is 5.10 Å². The predicted molar refractivity (Wildman–Crippen MR) is 77.2 cm³/mol. The molecule has 1 unspecified atom stereocenters. The van der Waals surface area contributed by atoms with Gasteiger partial charge in [0.15, 0.2) is 0 Å². The number of carbonyl (C=O) groups is 1. The van der Waals surface area contributed by atoms with Gasteiger partial charge < -0.3 is 10.5 Å². The zero-order valence-corrected chi connectivity index (χ0v) is 12.5. The summed E-state index contributed by atoms with van der Waals surface area (Å²) in [6.07, 6.45) is 7.52. The van der Waals surface area contributed by atoms with Crippen LogP contribution in [0.1, 0.15) is 51.3 Å². The summed E-state index contributed by atoms with van der Waals surface area (Å²) >= 11 is 0. The lowest BCUT2D eigenvalue weighted by atomic mass is 9.85. The fourth-order valence-electron chi connectivity index (χ4n) is 2.78. The third kappa shape index (κ3) is 3.20. The quantitative estimate of drug-likeness (QED) is 0.809. The van der Waals surface area contributed by atoms with E-state index in [9.17, 15) is 4.79 Å². The summed E-state index contributed by atoms with van der Waals surface area (Å²) in [6, 6.07) is 2.52. The zero-order chi connectivity index (χ0) is 14.6. The maximum atomic E-state index is 12.0. The molecule has 5 nitrogen and oxygen atoms in total. The highest BCUT2D eigenvalue weighted by Gasteiger charge is 2.34. The Balaban J connectivity index is 2.05. The normalized spacial score (nSPS) is 18.9. The number of rotatable bonds is 6. The third-order valence-corrected chi connectivity index (χ3v) is 4.15. The van der Waals surface area contributed by atoms with Crippen molar-refractivity contribution in [3.8, 4) is 0 Å². The third-order valence-electron chi connectivity index (χ3n) is 4.15. The van der Waals surface area contributed by atoms with Gasteiger partial charge in [-0.25, -0.2) is 0 Å². The van der Waals surface area contributed by atoms with Crippen molar-refractivity contribution in [2.45, 2.75) is 52.0 Å². The zero-order valence-electron chi connectivity index (χ0n) is 12.5. The molecule has 0 bridgehead atoms. The van der Waals surface area contributed by atoms with Crippen molar-refractivity contribution in [1.29, 1.82) is 0 Å². The standard InChI is InChI=1S/C15H25N3O2/c1-3-20-14(19)15(2,11-16)10-12-8-9-18(17-12)13-6-4-5-7-13/h8-9,13H,3-7,10-11,16H2,1-2H3. The van der Waals surface area contributed by atoms with E-state index in [4.69, 9.17) is 10.5 Å². The van der Waals surface area contributed by atoms with Crippen molar-refractivity contribution in [3.05, 3.63) is 18.0 Å². The van der Waals surface area contributed by atoms with Crippen LogP contribution in [0.4, 0.5) is 0 Å². The first-order valence-electron chi connectivity index (χ1n) is 7.50. The number of ether oxygens (including phenoxy) is 1. The lowest BCUT2D eigenvalue weighted by Crippen LogP contribution is -2.39. The van der Waals surface area contributed by atoms with Crippen molar-refractivity contribution in [2.24, 2.45) is 11.1 Å². The van der Waals surface area contributed by atoms with Gasteiger partial charge in [-0.15, -0.1) is 0 Å². The van der Waals surface area contributed by atoms with Crippen LogP contribution < -0.4 is 5.73 Å². The molecule has 1 aromatic heterocycles. The van der Waals surface area contributed by atoms with E-state index in [0.717, 1.165) is 5.69 Å². The van der Waals surface area contributed by atoms with Gasteiger partial charge in [-0.3, -0.25) is 9.48 Å². The molecule has 0 amide bonds. The molecular weight excluding hydrogens is 254 g/mol. The molecule has 112 valence electrons. The molecule has 20 heavy (non-hydrogen) atoms. The minimum atomic E-state index is -0.690. The Morgan fingerprint density at radius 1 is 1.55 bits per heavy atom. The molecule has 1 fully saturated rings. The summed E-state index contributed by atoms with van der Waals surface area (Å²) in [5, 5.41) is 4.62. The van der Waals surface area contributed by atoms with Crippen LogP contribution in [0.25, 0.3) is 0 Å². The minimum absolute atomic E-state index is 0.238. The first-order chi connectivity index (χ1) is 9.59. The summed E-state index contributed by atoms with van der Waals surface area (Å²) < 4.78 is 7.17. The molecule has 2 rings (SSSR count). The average Bonchev–Trinajstić information content (AvgIpc) is 3.09. The lowest BCUT2D eigenvalue weighted by molar-refractivity contribution is -0.153. The minimum Gasteiger partial charge on any atom is -0.466 e. The van der Waals surface area contributed by atoms with Gasteiger partial charge in [0.1, 0.15) is 0 Å². The van der Waals surface area contributed by atoms with E-state index in [1.54, 1.807) is 0 Å². The summed E-state index contributed by atoms with van der Waals surface area (Å²) in [6.45, 7) is 4.30. The highest BCUT2D eigenvalue weighted by molar-refractivity contribution is 5.77. The summed E-state index contributed by atoms with van der Waals surface area (Å²) in [4.78, 5) is 12.0. The van der Waals surface area contributed by atoms with Gasteiger partial charge in [0.05, 0.1) is 23.8 Å². The number of esters is 1. The average molecular weight is 279 g/mol. The van der Waals surface area contributed by atoms with Gasteiger partial charge in [0.2, 0.25) is 0 Å². The Bertz CT molecular complexity index is 452. The van der Waals surface area contributed by atoms with Gasteiger partial charge in [-0.05, 0) is 32.8 Å². The highest BCUT2D eigenvalue weighted by atomic mass is 16.5. The number of hydrogen-bond acceptors (Lipinski definition) is 4. The van der Waals surface area contributed by atoms with Crippen molar-refractivity contribution in [3.63, 3.8) is 0 Å². The van der Waals surface area contributed by atoms with E-state index in [2.05, 4.69) is 5.10 Å². The number of nitrogens with zero attached hydrogens (tertiary/aromatic N) is 2. The fraction of sp³-hybridized carbons (Fsp3) is 0.733. The maximum absolute atomic E-state index is 12.0. The van der Waals surface area contributed by atoms with Crippen molar-refractivity contribution < 1.29 is 9.53 Å². The Kier molecular flexibility index (Phi) is 4.81. The van der Waals surface area contributed by atoms with Gasteiger partial charge >= 0.3 is 5.97 Å². The van der Waals surface area contributed by atoms with Crippen LogP contribution >= 0.6 is 0 Å². The smallest absolute Gasteiger partial charge is 0.313 e. The molecule has 0 spiro atoms. The second-order valence-electron chi connectivity index (χ2n) is 5.89. The number of hydrogen-bond donors (Lipinski definition) is 1. The molecule has 0 radical (unpaired) electrons. The first kappa shape index (κ1) is 15.0. The summed E-state index contributed by atoms with van der Waals surface area (Å²) in [7, 11) is 0. The number of carbonyl (C=O) groups excluding carboxylic acids is 1. The van der Waals surface area contributed by atoms with Crippen LogP contribution in [0.2, 0.25) is 0 Å². The molecule has 5 heteroatoms. The van der Waals surface area contributed by atoms with Crippen LogP contribution in [0.5, 0.6) is 0 Å². The highest BCUT2D eigenvalue weighted by Crippen LogP contribution is 2.29. The van der Waals surface area contributed by atoms with E-state index in [1.807, 2.05) is 30.8 Å². The van der Waals surface area contributed by atoms with E-state index < -0.39 is 5.41 Å². The van der Waals surface area contributed by atoms with Crippen LogP contribution in [-0.4, -0.2) is 28.9 Å². The van der Waals surface area contributed by atoms with Crippen molar-refractivity contribution in [2.75, 3.05) is 13.2 Å². The molecule has 2 N–H and O–H groups in total. The van der Waals surface area contributed by atoms with E-state index in [1.165, 1.54) is 25.7 Å². The maximum Gasteiger partial charge on any atom is 0.313 e. The Morgan fingerprint density at radius 2 is 2.25 bits per heavy atom. The van der Waals surface area contributed by atoms with E-state index in [-0.39, 0.29) is 12.5 Å². The van der Waals surface area contributed by atoms with Crippen LogP contribution in [-0.2, 0) is 16.0 Å². The largest absolute Gasteiger partial charge is 0.466 e. The Labute approximate surface area is 120 Å². The van der Waals surface area contributed by atoms with Crippen LogP contribution in [0, 0.1) is 5.41 Å². The van der Waals surface area contributed by atoms with Crippen LogP contribution in [0.15, 0.2) is 12.3 Å². The molecule has 1 aliphatic carbocycles. The second kappa shape index (κ2) is 6.39. The van der Waals surface area contributed by atoms with E-state index >= 15 is 0 Å². The second-order valence-corrected chi connectivity index (χ2v) is 5.89.